The Kier molecular flexibility index (Phi) is 6.56. The van der Waals surface area contributed by atoms with Crippen LogP contribution in [0.4, 0.5) is 5.69 Å². The predicted octanol–water partition coefficient (Wildman–Crippen LogP) is 3.60. The molecule has 0 saturated carbocycles. The van der Waals surface area contributed by atoms with Gasteiger partial charge in [0.15, 0.2) is 5.11 Å². The van der Waals surface area contributed by atoms with Crippen molar-refractivity contribution in [3.8, 4) is 0 Å². The van der Waals surface area contributed by atoms with Gasteiger partial charge in [0.1, 0.15) is 0 Å². The van der Waals surface area contributed by atoms with Crippen LogP contribution < -0.4 is 10.6 Å². The first-order chi connectivity index (χ1) is 8.52. The number of unbranched alkanes of at least 4 members (excludes halogenated alkanes) is 1. The number of amides is 1. The summed E-state index contributed by atoms with van der Waals surface area (Å²) in [4.78, 5) is 11.5. The minimum atomic E-state index is -0.0301. The number of aryl methyl sites for hydroxylation is 1. The van der Waals surface area contributed by atoms with Crippen molar-refractivity contribution >= 4 is 51.5 Å². The van der Waals surface area contributed by atoms with Crippen LogP contribution in [-0.4, -0.2) is 11.0 Å². The fraction of sp³-hybridized carbons (Fsp3) is 0.385. The smallest absolute Gasteiger partial charge is 0.226 e. The van der Waals surface area contributed by atoms with E-state index in [2.05, 4.69) is 46.2 Å². The molecule has 5 heteroatoms. The Morgan fingerprint density at radius 2 is 2.17 bits per heavy atom. The number of carbonyl (C=O) groups excluding carboxylic acids is 1. The van der Waals surface area contributed by atoms with Crippen molar-refractivity contribution in [3.63, 3.8) is 0 Å². The first-order valence-electron chi connectivity index (χ1n) is 5.90. The summed E-state index contributed by atoms with van der Waals surface area (Å²) in [5.74, 6) is -0.0301. The molecule has 1 aromatic carbocycles. The third kappa shape index (κ3) is 5.30. The molecule has 0 atom stereocenters. The molecule has 2 N–H and O–H groups in total. The highest BCUT2D eigenvalue weighted by Gasteiger charge is 2.05. The second-order valence-corrected chi connectivity index (χ2v) is 5.72. The van der Waals surface area contributed by atoms with Crippen LogP contribution in [0.25, 0.3) is 0 Å². The van der Waals surface area contributed by atoms with Crippen LogP contribution in [0.5, 0.6) is 0 Å². The minimum Gasteiger partial charge on any atom is -0.332 e. The van der Waals surface area contributed by atoms with E-state index in [1.807, 2.05) is 19.1 Å². The van der Waals surface area contributed by atoms with E-state index in [0.29, 0.717) is 11.5 Å². The normalized spacial score (nSPS) is 9.94. The van der Waals surface area contributed by atoms with Gasteiger partial charge in [0.25, 0.3) is 0 Å². The van der Waals surface area contributed by atoms with Gasteiger partial charge in [-0.2, -0.15) is 0 Å². The molecule has 0 bridgehead atoms. The van der Waals surface area contributed by atoms with E-state index in [1.54, 1.807) is 0 Å². The van der Waals surface area contributed by atoms with Crippen LogP contribution in [0.2, 0.25) is 0 Å². The van der Waals surface area contributed by atoms with E-state index < -0.39 is 0 Å². The summed E-state index contributed by atoms with van der Waals surface area (Å²) in [5, 5.41) is 6.09. The quantitative estimate of drug-likeness (QED) is 0.623. The average molecular weight is 376 g/mol. The van der Waals surface area contributed by atoms with Crippen LogP contribution in [0.1, 0.15) is 31.7 Å². The summed E-state index contributed by atoms with van der Waals surface area (Å²) >= 11 is 7.37. The lowest BCUT2D eigenvalue weighted by Gasteiger charge is -2.11. The molecule has 0 fully saturated rings. The Hall–Kier alpha value is -0.690. The summed E-state index contributed by atoms with van der Waals surface area (Å²) < 4.78 is 1.17. The lowest BCUT2D eigenvalue weighted by Crippen LogP contribution is -2.34. The van der Waals surface area contributed by atoms with Gasteiger partial charge in [-0.15, -0.1) is 0 Å². The molecule has 0 aliphatic heterocycles. The Morgan fingerprint density at radius 1 is 1.44 bits per heavy atom. The van der Waals surface area contributed by atoms with Crippen molar-refractivity contribution < 1.29 is 4.79 Å². The summed E-state index contributed by atoms with van der Waals surface area (Å²) in [5.41, 5.74) is 2.03. The fourth-order valence-electron chi connectivity index (χ4n) is 1.45. The van der Waals surface area contributed by atoms with Gasteiger partial charge in [-0.3, -0.25) is 4.79 Å². The molecule has 18 heavy (non-hydrogen) atoms. The van der Waals surface area contributed by atoms with Gasteiger partial charge in [0, 0.05) is 15.7 Å². The van der Waals surface area contributed by atoms with E-state index in [9.17, 15) is 4.79 Å². The maximum absolute atomic E-state index is 11.5. The maximum atomic E-state index is 11.5. The molecule has 0 aliphatic rings. The number of anilines is 1. The standard InChI is InChI=1S/C13H17IN2OS/c1-3-4-5-12(17)16-13(18)15-11-7-6-10(14)8-9(11)2/h6-8H,3-5H2,1-2H3,(H2,15,16,17,18). The van der Waals surface area contributed by atoms with Crippen molar-refractivity contribution in [1.29, 1.82) is 0 Å². The van der Waals surface area contributed by atoms with Crippen molar-refractivity contribution in [3.05, 3.63) is 27.3 Å². The van der Waals surface area contributed by atoms with Gasteiger partial charge in [-0.1, -0.05) is 13.3 Å². The van der Waals surface area contributed by atoms with Crippen molar-refractivity contribution in [2.24, 2.45) is 0 Å². The molecule has 0 aliphatic carbocycles. The molecule has 0 spiro atoms. The number of nitrogens with one attached hydrogen (secondary N) is 2. The predicted molar refractivity (Wildman–Crippen MR) is 87.8 cm³/mol. The zero-order valence-corrected chi connectivity index (χ0v) is 13.5. The first-order valence-corrected chi connectivity index (χ1v) is 7.38. The number of halogens is 1. The van der Waals surface area contributed by atoms with E-state index in [-0.39, 0.29) is 5.91 Å². The van der Waals surface area contributed by atoms with E-state index in [1.165, 1.54) is 3.57 Å². The van der Waals surface area contributed by atoms with Gasteiger partial charge in [-0.25, -0.2) is 0 Å². The van der Waals surface area contributed by atoms with Crippen LogP contribution in [0.15, 0.2) is 18.2 Å². The third-order valence-corrected chi connectivity index (χ3v) is 3.32. The van der Waals surface area contributed by atoms with Gasteiger partial charge in [-0.05, 0) is 71.9 Å². The first kappa shape index (κ1) is 15.4. The molecule has 0 unspecified atom stereocenters. The minimum absolute atomic E-state index is 0.0301. The van der Waals surface area contributed by atoms with Crippen LogP contribution >= 0.6 is 34.8 Å². The Morgan fingerprint density at radius 3 is 2.78 bits per heavy atom. The van der Waals surface area contributed by atoms with Crippen molar-refractivity contribution in [2.45, 2.75) is 33.1 Å². The zero-order chi connectivity index (χ0) is 13.5. The molecule has 0 saturated heterocycles. The molecule has 1 rings (SSSR count). The van der Waals surface area contributed by atoms with Gasteiger partial charge < -0.3 is 10.6 Å². The maximum Gasteiger partial charge on any atom is 0.226 e. The third-order valence-electron chi connectivity index (χ3n) is 2.45. The molecule has 0 heterocycles. The highest BCUT2D eigenvalue weighted by Crippen LogP contribution is 2.17. The highest BCUT2D eigenvalue weighted by molar-refractivity contribution is 14.1. The van der Waals surface area contributed by atoms with Crippen molar-refractivity contribution in [2.75, 3.05) is 5.32 Å². The van der Waals surface area contributed by atoms with Crippen LogP contribution in [0.3, 0.4) is 0 Å². The Bertz CT molecular complexity index is 449. The number of hydrogen-bond donors (Lipinski definition) is 2. The number of carbonyl (C=O) groups is 1. The second kappa shape index (κ2) is 7.68. The molecule has 98 valence electrons. The van der Waals surface area contributed by atoms with E-state index in [4.69, 9.17) is 12.2 Å². The average Bonchev–Trinajstić information content (AvgIpc) is 2.30. The highest BCUT2D eigenvalue weighted by atomic mass is 127. The topological polar surface area (TPSA) is 41.1 Å². The molecule has 3 nitrogen and oxygen atoms in total. The summed E-state index contributed by atoms with van der Waals surface area (Å²) in [6.07, 6.45) is 2.41. The summed E-state index contributed by atoms with van der Waals surface area (Å²) in [7, 11) is 0. The molecule has 1 amide bonds. The number of hydrogen-bond acceptors (Lipinski definition) is 2. The summed E-state index contributed by atoms with van der Waals surface area (Å²) in [6.45, 7) is 4.06. The number of rotatable bonds is 4. The van der Waals surface area contributed by atoms with E-state index >= 15 is 0 Å². The molecule has 1 aromatic rings. The summed E-state index contributed by atoms with van der Waals surface area (Å²) in [6, 6.07) is 6.02. The van der Waals surface area contributed by atoms with Gasteiger partial charge in [0.2, 0.25) is 5.91 Å². The molecule has 0 radical (unpaired) electrons. The van der Waals surface area contributed by atoms with Crippen LogP contribution in [-0.2, 0) is 4.79 Å². The van der Waals surface area contributed by atoms with Gasteiger partial charge in [0.05, 0.1) is 0 Å². The second-order valence-electron chi connectivity index (χ2n) is 4.07. The number of thiocarbonyl (C=S) groups is 1. The lowest BCUT2D eigenvalue weighted by molar-refractivity contribution is -0.119. The SMILES string of the molecule is CCCCC(=O)NC(=S)Nc1ccc(I)cc1C. The zero-order valence-electron chi connectivity index (χ0n) is 10.5. The van der Waals surface area contributed by atoms with Gasteiger partial charge >= 0.3 is 0 Å². The molecular weight excluding hydrogens is 359 g/mol. The molecular formula is C13H17IN2OS. The van der Waals surface area contributed by atoms with E-state index in [0.717, 1.165) is 24.1 Å². The lowest BCUT2D eigenvalue weighted by atomic mass is 10.2. The number of benzene rings is 1. The fourth-order valence-corrected chi connectivity index (χ4v) is 2.32. The molecule has 0 aromatic heterocycles. The Balaban J connectivity index is 2.51. The van der Waals surface area contributed by atoms with Crippen molar-refractivity contribution in [1.82, 2.24) is 5.32 Å². The monoisotopic (exact) mass is 376 g/mol. The van der Waals surface area contributed by atoms with Crippen LogP contribution in [0, 0.1) is 10.5 Å². The Labute approximate surface area is 127 Å². The largest absolute Gasteiger partial charge is 0.332 e.